The summed E-state index contributed by atoms with van der Waals surface area (Å²) in [6, 6.07) is 2.10. The number of nitrogens with one attached hydrogen (secondary N) is 6. The third kappa shape index (κ3) is 17.3. The third-order valence-electron chi connectivity index (χ3n) is 9.85. The van der Waals surface area contributed by atoms with Crippen LogP contribution >= 0.6 is 0 Å². The highest BCUT2D eigenvalue weighted by Gasteiger charge is 2.34. The summed E-state index contributed by atoms with van der Waals surface area (Å²) in [5.41, 5.74) is 13.2. The molecule has 4 rings (SSSR count). The number of hydrogen-bond donors (Lipinski definition) is 9. The lowest BCUT2D eigenvalue weighted by molar-refractivity contribution is -0.815. The van der Waals surface area contributed by atoms with Crippen molar-refractivity contribution in [2.45, 2.75) is 117 Å². The van der Waals surface area contributed by atoms with Crippen molar-refractivity contribution in [2.75, 3.05) is 27.2 Å². The lowest BCUT2D eigenvalue weighted by Gasteiger charge is -2.27. The van der Waals surface area contributed by atoms with Gasteiger partial charge in [0.2, 0.25) is 35.3 Å². The van der Waals surface area contributed by atoms with Crippen molar-refractivity contribution in [3.63, 3.8) is 0 Å². The molecular formula is C41H65N14O10+. The fourth-order valence-electron chi connectivity index (χ4n) is 6.20. The highest BCUT2D eigenvalue weighted by Crippen LogP contribution is 2.10. The van der Waals surface area contributed by atoms with E-state index in [-0.39, 0.29) is 83.1 Å². The molecule has 0 radical (unpaired) electrons. The topological polar surface area (TPSA) is 342 Å². The van der Waals surface area contributed by atoms with Crippen LogP contribution < -0.4 is 43.4 Å². The molecule has 24 nitrogen and oxygen atoms in total. The Labute approximate surface area is 377 Å². The molecule has 2 bridgehead atoms. The summed E-state index contributed by atoms with van der Waals surface area (Å²) in [5, 5.41) is 34.2. The van der Waals surface area contributed by atoms with Crippen LogP contribution in [0, 0.1) is 0 Å². The largest absolute Gasteiger partial charge is 0.445 e. The normalized spacial score (nSPS) is 20.4. The Kier molecular flexibility index (Phi) is 21.7. The molecule has 6 atom stereocenters. The first kappa shape index (κ1) is 54.2. The van der Waals surface area contributed by atoms with Crippen molar-refractivity contribution >= 4 is 47.5 Å². The molecule has 0 saturated heterocycles. The van der Waals surface area contributed by atoms with E-state index < -0.39 is 77.8 Å². The Bertz CT molecular complexity index is 2060. The van der Waals surface area contributed by atoms with E-state index in [0.29, 0.717) is 24.1 Å². The average molecular weight is 914 g/mol. The highest BCUT2D eigenvalue weighted by molar-refractivity contribution is 5.96. The molecule has 7 amide bonds. The summed E-state index contributed by atoms with van der Waals surface area (Å²) in [7, 11) is 3.56. The van der Waals surface area contributed by atoms with Gasteiger partial charge in [0.05, 0.1) is 39.1 Å². The second kappa shape index (κ2) is 26.0. The maximum atomic E-state index is 13.8. The molecule has 65 heavy (non-hydrogen) atoms. The Hall–Kier alpha value is -6.95. The van der Waals surface area contributed by atoms with Crippen molar-refractivity contribution in [1.29, 1.82) is 0 Å². The summed E-state index contributed by atoms with van der Waals surface area (Å²) >= 11 is 0. The van der Waals surface area contributed by atoms with Crippen molar-refractivity contribution in [1.82, 2.24) is 51.9 Å². The first-order valence-electron chi connectivity index (χ1n) is 20.3. The lowest BCUT2D eigenvalue weighted by Crippen LogP contribution is -2.60. The molecule has 11 N–H and O–H groups in total. The standard InChI is InChI=1S/C39H56N14O10.2CH4/c1-23-33(56)47-28(34(57)46-27(32(40)55)13-8-9-15-43-36(59)30-17-42-22-63-30)14-10-16-44-38(41)53(3,4)20-26-18-52(51-50-26)19-29(35(58)49-31(24(2)54)37(60)45-23)48-39(61)62-21-25-11-6-5-7-12-25;;/h5-7,11-12,17-18,22-24,27-29,31,54H,8-10,13-16,19-21H2,1-4H3,(H9-,40,41,43,44,45,46,47,48,49,55,56,57,58,59,60,61);2*1H4/p+1/t23-,24-,27-,28+,29-,31-;;/m0../s1. The molecule has 1 aromatic carbocycles. The van der Waals surface area contributed by atoms with E-state index in [1.54, 1.807) is 50.6 Å². The second-order valence-corrected chi connectivity index (χ2v) is 15.5. The molecule has 0 fully saturated rings. The minimum atomic E-state index is -1.62. The minimum absolute atomic E-state index is 0. The van der Waals surface area contributed by atoms with Crippen molar-refractivity contribution in [3.8, 4) is 0 Å². The Morgan fingerprint density at radius 2 is 1.77 bits per heavy atom. The zero-order valence-corrected chi connectivity index (χ0v) is 35.6. The van der Waals surface area contributed by atoms with E-state index in [9.17, 15) is 38.7 Å². The number of guanidine groups is 1. The van der Waals surface area contributed by atoms with Crippen LogP contribution in [0.3, 0.4) is 0 Å². The number of nitrogens with zero attached hydrogens (tertiary/aromatic N) is 6. The predicted octanol–water partition coefficient (Wildman–Crippen LogP) is -1.06. The number of ether oxygens (including phenoxy) is 1. The number of quaternary nitrogens is 1. The van der Waals surface area contributed by atoms with Gasteiger partial charge in [0.25, 0.3) is 11.9 Å². The van der Waals surface area contributed by atoms with E-state index in [2.05, 4.69) is 52.2 Å². The number of unbranched alkanes of at least 4 members (excludes halogenated alkanes) is 1. The number of oxazole rings is 1. The first-order valence-corrected chi connectivity index (χ1v) is 20.3. The minimum Gasteiger partial charge on any atom is -0.445 e. The number of alkyl carbamates (subject to hydrolysis) is 1. The number of primary amides is 1. The van der Waals surface area contributed by atoms with Crippen LogP contribution in [0.4, 0.5) is 4.79 Å². The number of rotatable bonds is 13. The SMILES string of the molecule is C.C.C[C@@H]1NC(=O)[C@H]([C@H](C)O)NC(=O)[C@@H](NC(=O)OCc2ccccc2)Cn2cc(nn2)C[N+](C)(C)C(N)=NCCC[C@H](C(=O)N[C@@H](CCCCNC(=O)c2cnco2)C(N)=O)NC1=O. The smallest absolute Gasteiger partial charge is 0.408 e. The summed E-state index contributed by atoms with van der Waals surface area (Å²) in [6.45, 7) is 2.76. The average Bonchev–Trinajstić information content (AvgIpc) is 3.94. The quantitative estimate of drug-likeness (QED) is 0.0730. The van der Waals surface area contributed by atoms with E-state index in [1.165, 1.54) is 24.7 Å². The molecular weight excluding hydrogens is 849 g/mol. The number of aliphatic imine (C=N–C) groups is 1. The summed E-state index contributed by atoms with van der Waals surface area (Å²) in [5.74, 6) is -4.47. The molecule has 3 aromatic rings. The molecule has 358 valence electrons. The zero-order chi connectivity index (χ0) is 46.1. The molecule has 2 aromatic heterocycles. The number of hydrogen-bond acceptors (Lipinski definition) is 15. The van der Waals surface area contributed by atoms with Crippen LogP contribution in [0.1, 0.15) is 82.6 Å². The zero-order valence-electron chi connectivity index (χ0n) is 35.6. The van der Waals surface area contributed by atoms with Gasteiger partial charge in [-0.2, -0.15) is 0 Å². The van der Waals surface area contributed by atoms with Gasteiger partial charge < -0.3 is 57.6 Å². The fraction of sp³-hybridized carbons (Fsp3) is 0.537. The number of aromatic nitrogens is 4. The van der Waals surface area contributed by atoms with Crippen molar-refractivity contribution < 1.29 is 52.3 Å². The Morgan fingerprint density at radius 3 is 2.43 bits per heavy atom. The van der Waals surface area contributed by atoms with Gasteiger partial charge in [-0.15, -0.1) is 5.10 Å². The lowest BCUT2D eigenvalue weighted by atomic mass is 10.1. The number of amides is 7. The maximum absolute atomic E-state index is 13.8. The second-order valence-electron chi connectivity index (χ2n) is 15.5. The summed E-state index contributed by atoms with van der Waals surface area (Å²) < 4.78 is 11.6. The molecule has 3 heterocycles. The van der Waals surface area contributed by atoms with Crippen molar-refractivity contribution in [2.24, 2.45) is 16.5 Å². The van der Waals surface area contributed by atoms with Crippen LogP contribution in [-0.4, -0.2) is 141 Å². The summed E-state index contributed by atoms with van der Waals surface area (Å²) in [4.78, 5) is 100. The molecule has 24 heteroatoms. The molecule has 0 unspecified atom stereocenters. The van der Waals surface area contributed by atoms with Crippen LogP contribution in [-0.2, 0) is 48.4 Å². The maximum Gasteiger partial charge on any atom is 0.408 e. The van der Waals surface area contributed by atoms with Crippen LogP contribution in [0.2, 0.25) is 0 Å². The number of nitrogens with two attached hydrogens (primary N) is 2. The van der Waals surface area contributed by atoms with Gasteiger partial charge in [0.15, 0.2) is 6.39 Å². The highest BCUT2D eigenvalue weighted by atomic mass is 16.5. The molecule has 1 aliphatic rings. The monoisotopic (exact) mass is 914 g/mol. The summed E-state index contributed by atoms with van der Waals surface area (Å²) in [6.07, 6.45) is 2.67. The molecule has 0 saturated carbocycles. The third-order valence-corrected chi connectivity index (χ3v) is 9.85. The predicted molar refractivity (Wildman–Crippen MR) is 236 cm³/mol. The van der Waals surface area contributed by atoms with E-state index in [0.717, 1.165) is 6.39 Å². The van der Waals surface area contributed by atoms with Crippen LogP contribution in [0.25, 0.3) is 0 Å². The molecule has 0 spiro atoms. The number of fused-ring (bicyclic) bond motifs is 2. The van der Waals surface area contributed by atoms with Gasteiger partial charge in [-0.3, -0.25) is 33.3 Å². The fourth-order valence-corrected chi connectivity index (χ4v) is 6.20. The van der Waals surface area contributed by atoms with Gasteiger partial charge in [-0.1, -0.05) is 50.4 Å². The van der Waals surface area contributed by atoms with Gasteiger partial charge in [0, 0.05) is 13.1 Å². The number of benzene rings is 1. The van der Waals surface area contributed by atoms with Gasteiger partial charge in [-0.25, -0.2) is 19.5 Å². The van der Waals surface area contributed by atoms with E-state index in [1.807, 2.05) is 0 Å². The van der Waals surface area contributed by atoms with E-state index in [4.69, 9.17) is 20.6 Å². The van der Waals surface area contributed by atoms with Crippen molar-refractivity contribution in [3.05, 3.63) is 66.1 Å². The Morgan fingerprint density at radius 1 is 1.05 bits per heavy atom. The first-order chi connectivity index (χ1) is 29.9. The number of aliphatic hydroxyl groups excluding tert-OH is 1. The van der Waals surface area contributed by atoms with Gasteiger partial charge in [0.1, 0.15) is 49.1 Å². The van der Waals surface area contributed by atoms with E-state index >= 15 is 0 Å². The number of carbonyl (C=O) groups is 7. The molecule has 1 aliphatic heterocycles. The molecule has 0 aliphatic carbocycles. The number of carbonyl (C=O) groups excluding carboxylic acids is 7. The Balaban J connectivity index is 0.00000726. The number of aliphatic hydroxyl groups is 1. The van der Waals surface area contributed by atoms with Crippen LogP contribution in [0.5, 0.6) is 0 Å². The van der Waals surface area contributed by atoms with Gasteiger partial charge >= 0.3 is 6.09 Å². The van der Waals surface area contributed by atoms with Gasteiger partial charge in [-0.05, 0) is 51.5 Å². The van der Waals surface area contributed by atoms with Crippen LogP contribution in [0.15, 0.2) is 58.5 Å².